The summed E-state index contributed by atoms with van der Waals surface area (Å²) >= 11 is 0. The molecule has 1 aromatic rings. The Bertz CT molecular complexity index is 583. The van der Waals surface area contributed by atoms with E-state index in [1.807, 2.05) is 49.3 Å². The van der Waals surface area contributed by atoms with E-state index in [1.54, 1.807) is 0 Å². The van der Waals surface area contributed by atoms with Crippen LogP contribution in [-0.4, -0.2) is 43.1 Å². The minimum atomic E-state index is -1.47. The maximum atomic E-state index is 12.8. The molecule has 130 valence electrons. The zero-order chi connectivity index (χ0) is 17.4. The van der Waals surface area contributed by atoms with E-state index in [4.69, 9.17) is 0 Å². The smallest absolute Gasteiger partial charge is 0.257 e. The predicted octanol–water partition coefficient (Wildman–Crippen LogP) is 2.14. The topological polar surface area (TPSA) is 52.6 Å². The van der Waals surface area contributed by atoms with Crippen molar-refractivity contribution in [2.24, 2.45) is 5.92 Å². The van der Waals surface area contributed by atoms with Gasteiger partial charge in [0.2, 0.25) is 0 Å². The molecule has 0 saturated heterocycles. The second kappa shape index (κ2) is 8.86. The fourth-order valence-electron chi connectivity index (χ4n) is 3.30. The molecule has 2 rings (SSSR count). The number of carbonyl (C=O) groups is 1. The van der Waals surface area contributed by atoms with Gasteiger partial charge in [-0.25, -0.2) is 0 Å². The van der Waals surface area contributed by atoms with E-state index in [9.17, 15) is 9.90 Å². The van der Waals surface area contributed by atoms with Crippen LogP contribution in [0.3, 0.4) is 0 Å². The van der Waals surface area contributed by atoms with E-state index in [-0.39, 0.29) is 18.4 Å². The van der Waals surface area contributed by atoms with Gasteiger partial charge < -0.3 is 10.4 Å². The van der Waals surface area contributed by atoms with Gasteiger partial charge >= 0.3 is 0 Å². The Balaban J connectivity index is 2.13. The van der Waals surface area contributed by atoms with Gasteiger partial charge in [-0.1, -0.05) is 61.4 Å². The van der Waals surface area contributed by atoms with Crippen molar-refractivity contribution in [1.29, 1.82) is 0 Å². The number of hydrogen-bond donors (Lipinski definition) is 2. The minimum absolute atomic E-state index is 0.0385. The van der Waals surface area contributed by atoms with E-state index >= 15 is 0 Å². The molecule has 1 unspecified atom stereocenters. The highest BCUT2D eigenvalue weighted by Crippen LogP contribution is 2.39. The molecule has 1 aliphatic rings. The van der Waals surface area contributed by atoms with Crippen molar-refractivity contribution in [3.05, 3.63) is 35.9 Å². The lowest BCUT2D eigenvalue weighted by atomic mass is 9.73. The van der Waals surface area contributed by atoms with Crippen molar-refractivity contribution in [3.63, 3.8) is 0 Å². The number of carbonyl (C=O) groups excluding carboxylic acids is 1. The van der Waals surface area contributed by atoms with Crippen molar-refractivity contribution < 1.29 is 9.90 Å². The molecular weight excluding hydrogens is 300 g/mol. The maximum Gasteiger partial charge on any atom is 0.257 e. The summed E-state index contributed by atoms with van der Waals surface area (Å²) in [6.07, 6.45) is 5.07. The number of nitrogens with one attached hydrogen (secondary N) is 1. The van der Waals surface area contributed by atoms with Crippen LogP contribution in [0.4, 0.5) is 0 Å². The van der Waals surface area contributed by atoms with Gasteiger partial charge in [-0.15, -0.1) is 0 Å². The second-order valence-corrected chi connectivity index (χ2v) is 6.74. The minimum Gasteiger partial charge on any atom is -0.375 e. The number of amides is 1. The average Bonchev–Trinajstić information content (AvgIpc) is 2.61. The molecule has 1 fully saturated rings. The van der Waals surface area contributed by atoms with Crippen LogP contribution in [0.1, 0.15) is 37.7 Å². The van der Waals surface area contributed by atoms with Crippen LogP contribution in [0.15, 0.2) is 30.3 Å². The molecule has 24 heavy (non-hydrogen) atoms. The maximum absolute atomic E-state index is 12.8. The van der Waals surface area contributed by atoms with Gasteiger partial charge in [0.1, 0.15) is 0 Å². The molecule has 1 amide bonds. The van der Waals surface area contributed by atoms with Gasteiger partial charge in [0.15, 0.2) is 5.60 Å². The monoisotopic (exact) mass is 328 g/mol. The number of nitrogens with zero attached hydrogens (tertiary/aromatic N) is 1. The molecule has 2 N–H and O–H groups in total. The fraction of sp³-hybridized carbons (Fsp3) is 0.550. The van der Waals surface area contributed by atoms with Gasteiger partial charge in [0.25, 0.3) is 5.91 Å². The van der Waals surface area contributed by atoms with Crippen LogP contribution in [0.5, 0.6) is 0 Å². The van der Waals surface area contributed by atoms with Crippen LogP contribution in [0.2, 0.25) is 0 Å². The molecule has 1 atom stereocenters. The number of aliphatic hydroxyl groups is 1. The third-order valence-corrected chi connectivity index (χ3v) is 4.61. The zero-order valence-corrected chi connectivity index (χ0v) is 14.7. The SMILES string of the molecule is CN(C)CC#CCNC(=O)C(O)(c1ccccc1)C1CCCCC1. The molecule has 0 spiro atoms. The molecule has 4 nitrogen and oxygen atoms in total. The highest BCUT2D eigenvalue weighted by atomic mass is 16.3. The molecule has 4 heteroatoms. The summed E-state index contributed by atoms with van der Waals surface area (Å²) in [6.45, 7) is 0.913. The van der Waals surface area contributed by atoms with Crippen molar-refractivity contribution in [3.8, 4) is 11.8 Å². The molecule has 1 saturated carbocycles. The lowest BCUT2D eigenvalue weighted by molar-refractivity contribution is -0.149. The molecular formula is C20H28N2O2. The molecule has 0 heterocycles. The van der Waals surface area contributed by atoms with Crippen LogP contribution in [0.25, 0.3) is 0 Å². The Kier molecular flexibility index (Phi) is 6.84. The molecule has 0 aliphatic heterocycles. The summed E-state index contributed by atoms with van der Waals surface area (Å²) in [5, 5.41) is 14.2. The highest BCUT2D eigenvalue weighted by molar-refractivity contribution is 5.87. The van der Waals surface area contributed by atoms with Crippen molar-refractivity contribution >= 4 is 5.91 Å². The first-order valence-electron chi connectivity index (χ1n) is 8.71. The number of hydrogen-bond acceptors (Lipinski definition) is 3. The highest BCUT2D eigenvalue weighted by Gasteiger charge is 2.45. The van der Waals surface area contributed by atoms with Crippen LogP contribution >= 0.6 is 0 Å². The lowest BCUT2D eigenvalue weighted by Gasteiger charge is -2.37. The number of rotatable bonds is 5. The van der Waals surface area contributed by atoms with Gasteiger partial charge in [-0.2, -0.15) is 0 Å². The van der Waals surface area contributed by atoms with Gasteiger partial charge in [0, 0.05) is 5.92 Å². The third kappa shape index (κ3) is 4.59. The molecule has 0 radical (unpaired) electrons. The first kappa shape index (κ1) is 18.5. The van der Waals surface area contributed by atoms with Gasteiger partial charge in [-0.05, 0) is 32.5 Å². The molecule has 1 aliphatic carbocycles. The molecule has 0 aromatic heterocycles. The first-order valence-corrected chi connectivity index (χ1v) is 8.71. The van der Waals surface area contributed by atoms with Crippen LogP contribution < -0.4 is 5.32 Å². The Morgan fingerprint density at radius 2 is 1.88 bits per heavy atom. The Morgan fingerprint density at radius 3 is 2.50 bits per heavy atom. The Morgan fingerprint density at radius 1 is 1.21 bits per heavy atom. The van der Waals surface area contributed by atoms with Crippen molar-refractivity contribution in [1.82, 2.24) is 10.2 Å². The average molecular weight is 328 g/mol. The van der Waals surface area contributed by atoms with Crippen LogP contribution in [-0.2, 0) is 10.4 Å². The lowest BCUT2D eigenvalue weighted by Crippen LogP contribution is -2.50. The zero-order valence-electron chi connectivity index (χ0n) is 14.7. The van der Waals surface area contributed by atoms with Crippen molar-refractivity contribution in [2.75, 3.05) is 27.2 Å². The molecule has 1 aromatic carbocycles. The summed E-state index contributed by atoms with van der Waals surface area (Å²) in [4.78, 5) is 14.8. The normalized spacial score (nSPS) is 17.7. The quantitative estimate of drug-likeness (QED) is 0.814. The summed E-state index contributed by atoms with van der Waals surface area (Å²) in [7, 11) is 3.90. The Hall–Kier alpha value is -1.83. The summed E-state index contributed by atoms with van der Waals surface area (Å²) in [5.41, 5.74) is -0.791. The van der Waals surface area contributed by atoms with E-state index < -0.39 is 5.60 Å². The molecule has 0 bridgehead atoms. The Labute approximate surface area is 145 Å². The fourth-order valence-corrected chi connectivity index (χ4v) is 3.30. The number of benzene rings is 1. The van der Waals surface area contributed by atoms with Gasteiger partial charge in [0.05, 0.1) is 13.1 Å². The van der Waals surface area contributed by atoms with E-state index in [2.05, 4.69) is 17.2 Å². The first-order chi connectivity index (χ1) is 11.5. The van der Waals surface area contributed by atoms with Gasteiger partial charge in [-0.3, -0.25) is 9.69 Å². The summed E-state index contributed by atoms with van der Waals surface area (Å²) < 4.78 is 0. The van der Waals surface area contributed by atoms with Crippen LogP contribution in [0, 0.1) is 17.8 Å². The third-order valence-electron chi connectivity index (χ3n) is 4.61. The summed E-state index contributed by atoms with van der Waals surface area (Å²) in [5.74, 6) is 5.56. The van der Waals surface area contributed by atoms with E-state index in [1.165, 1.54) is 6.42 Å². The predicted molar refractivity (Wildman–Crippen MR) is 96.3 cm³/mol. The standard InChI is InChI=1S/C20H28N2O2/c1-22(2)16-10-9-15-21-19(23)20(24,17-11-5-3-6-12-17)18-13-7-4-8-14-18/h3,5-6,11-12,18,24H,4,7-8,13-16H2,1-2H3,(H,21,23). The largest absolute Gasteiger partial charge is 0.375 e. The van der Waals surface area contributed by atoms with E-state index in [0.717, 1.165) is 25.7 Å². The second-order valence-electron chi connectivity index (χ2n) is 6.74. The van der Waals surface area contributed by atoms with Crippen molar-refractivity contribution in [2.45, 2.75) is 37.7 Å². The summed E-state index contributed by atoms with van der Waals surface area (Å²) in [6, 6.07) is 9.31. The van der Waals surface area contributed by atoms with E-state index in [0.29, 0.717) is 12.1 Å².